The third-order valence-electron chi connectivity index (χ3n) is 5.13. The molecular formula is C22H21N3O4. The minimum atomic E-state index is -0.465. The molecule has 4 rings (SSSR count). The quantitative estimate of drug-likeness (QED) is 0.588. The van der Waals surface area contributed by atoms with Gasteiger partial charge in [0.05, 0.1) is 11.5 Å². The normalized spacial score (nSPS) is 16.2. The van der Waals surface area contributed by atoms with E-state index < -0.39 is 4.92 Å². The number of ether oxygens (including phenoxy) is 1. The molecule has 7 nitrogen and oxygen atoms in total. The highest BCUT2D eigenvalue weighted by Crippen LogP contribution is 2.22. The summed E-state index contributed by atoms with van der Waals surface area (Å²) in [5.41, 5.74) is 3.89. The van der Waals surface area contributed by atoms with Crippen LogP contribution < -0.4 is 0 Å². The van der Waals surface area contributed by atoms with E-state index in [2.05, 4.69) is 23.2 Å². The van der Waals surface area contributed by atoms with Crippen molar-refractivity contribution in [3.8, 4) is 0 Å². The molecule has 1 saturated heterocycles. The predicted octanol–water partition coefficient (Wildman–Crippen LogP) is 3.69. The molecule has 2 aromatic rings. The third kappa shape index (κ3) is 4.34. The van der Waals surface area contributed by atoms with Crippen molar-refractivity contribution in [1.29, 1.82) is 0 Å². The van der Waals surface area contributed by atoms with Gasteiger partial charge in [-0.3, -0.25) is 14.9 Å². The maximum Gasteiger partial charge on any atom is 0.269 e. The van der Waals surface area contributed by atoms with Crippen LogP contribution in [0.1, 0.15) is 34.3 Å². The van der Waals surface area contributed by atoms with Gasteiger partial charge < -0.3 is 9.64 Å². The van der Waals surface area contributed by atoms with Crippen LogP contribution in [0.3, 0.4) is 0 Å². The number of likely N-dealkylation sites (tertiary alicyclic amines) is 1. The Labute approximate surface area is 168 Å². The molecule has 7 heteroatoms. The summed E-state index contributed by atoms with van der Waals surface area (Å²) in [7, 11) is 0. The monoisotopic (exact) mass is 391 g/mol. The lowest BCUT2D eigenvalue weighted by atomic mass is 9.99. The number of carbonyl (C=O) groups is 1. The maximum atomic E-state index is 12.6. The molecule has 29 heavy (non-hydrogen) atoms. The molecule has 0 atom stereocenters. The second-order valence-electron chi connectivity index (χ2n) is 7.06. The maximum absolute atomic E-state index is 12.6. The number of amides is 1. The van der Waals surface area contributed by atoms with Crippen LogP contribution in [0, 0.1) is 10.1 Å². The largest absolute Gasteiger partial charge is 0.476 e. The van der Waals surface area contributed by atoms with Gasteiger partial charge in [0.15, 0.2) is 0 Å². The zero-order valence-corrected chi connectivity index (χ0v) is 15.9. The second-order valence-corrected chi connectivity index (χ2v) is 7.06. The topological polar surface area (TPSA) is 85.0 Å². The Kier molecular flexibility index (Phi) is 5.37. The fraction of sp³-hybridized carbons (Fsp3) is 0.273. The number of nitrogens with zero attached hydrogens (tertiary/aromatic N) is 3. The molecule has 0 saturated carbocycles. The Morgan fingerprint density at radius 2 is 1.76 bits per heavy atom. The molecular weight excluding hydrogens is 370 g/mol. The minimum absolute atomic E-state index is 0.0111. The summed E-state index contributed by atoms with van der Waals surface area (Å²) in [4.78, 5) is 29.0. The van der Waals surface area contributed by atoms with Gasteiger partial charge in [0.1, 0.15) is 6.61 Å². The van der Waals surface area contributed by atoms with E-state index in [1.807, 2.05) is 12.1 Å². The van der Waals surface area contributed by atoms with Gasteiger partial charge in [0.2, 0.25) is 5.90 Å². The van der Waals surface area contributed by atoms with Gasteiger partial charge in [0, 0.05) is 36.3 Å². The van der Waals surface area contributed by atoms with Crippen molar-refractivity contribution >= 4 is 23.6 Å². The number of hydrogen-bond donors (Lipinski definition) is 0. The first-order valence-electron chi connectivity index (χ1n) is 9.61. The van der Waals surface area contributed by atoms with Crippen molar-refractivity contribution in [1.82, 2.24) is 4.90 Å². The van der Waals surface area contributed by atoms with Crippen molar-refractivity contribution in [3.63, 3.8) is 0 Å². The van der Waals surface area contributed by atoms with E-state index in [0.29, 0.717) is 31.2 Å². The van der Waals surface area contributed by atoms with E-state index in [-0.39, 0.29) is 11.6 Å². The van der Waals surface area contributed by atoms with Gasteiger partial charge in [0.25, 0.3) is 11.6 Å². The number of hydrogen-bond acceptors (Lipinski definition) is 5. The number of rotatable bonds is 4. The lowest BCUT2D eigenvalue weighted by Crippen LogP contribution is -2.36. The molecule has 2 heterocycles. The fourth-order valence-electron chi connectivity index (χ4n) is 3.52. The Bertz CT molecular complexity index is 968. The van der Waals surface area contributed by atoms with Crippen LogP contribution >= 0.6 is 0 Å². The van der Waals surface area contributed by atoms with Crippen LogP contribution in [0.2, 0.25) is 0 Å². The number of piperidine rings is 1. The zero-order chi connectivity index (χ0) is 20.2. The lowest BCUT2D eigenvalue weighted by Gasteiger charge is -2.28. The molecule has 148 valence electrons. The van der Waals surface area contributed by atoms with E-state index in [1.165, 1.54) is 29.8 Å². The number of aliphatic imine (C=N–C) groups is 1. The van der Waals surface area contributed by atoms with E-state index >= 15 is 0 Å². The Morgan fingerprint density at radius 3 is 2.34 bits per heavy atom. The summed E-state index contributed by atoms with van der Waals surface area (Å²) in [6, 6.07) is 13.9. The lowest BCUT2D eigenvalue weighted by molar-refractivity contribution is -0.384. The Balaban J connectivity index is 1.36. The van der Waals surface area contributed by atoms with E-state index in [1.54, 1.807) is 4.90 Å². The van der Waals surface area contributed by atoms with Crippen LogP contribution in [0.5, 0.6) is 0 Å². The summed E-state index contributed by atoms with van der Waals surface area (Å²) >= 11 is 0. The van der Waals surface area contributed by atoms with Crippen molar-refractivity contribution in [2.24, 2.45) is 4.99 Å². The van der Waals surface area contributed by atoms with Crippen molar-refractivity contribution < 1.29 is 14.5 Å². The van der Waals surface area contributed by atoms with Crippen LogP contribution in [0.4, 0.5) is 5.69 Å². The Hall–Kier alpha value is -3.48. The summed E-state index contributed by atoms with van der Waals surface area (Å²) < 4.78 is 5.48. The SMILES string of the molecule is O=C(c1ccc([N+](=O)[O-])cc1)N1CCC(=Cc2ccc(C3=NCCO3)cc2)CC1. The van der Waals surface area contributed by atoms with E-state index in [9.17, 15) is 14.9 Å². The Morgan fingerprint density at radius 1 is 1.07 bits per heavy atom. The van der Waals surface area contributed by atoms with Crippen LogP contribution in [-0.4, -0.2) is 47.9 Å². The molecule has 0 aliphatic carbocycles. The highest BCUT2D eigenvalue weighted by molar-refractivity contribution is 5.95. The van der Waals surface area contributed by atoms with E-state index in [0.717, 1.165) is 30.5 Å². The number of carbonyl (C=O) groups excluding carboxylic acids is 1. The minimum Gasteiger partial charge on any atom is -0.476 e. The van der Waals surface area contributed by atoms with Gasteiger partial charge in [-0.1, -0.05) is 23.8 Å². The molecule has 2 aliphatic heterocycles. The standard InChI is InChI=1S/C22H21N3O4/c26-22(19-5-7-20(8-6-19)25(27)28)24-12-9-17(10-13-24)15-16-1-3-18(4-2-16)21-23-11-14-29-21/h1-8,15H,9-14H2. The van der Waals surface area contributed by atoms with Crippen molar-refractivity contribution in [3.05, 3.63) is 80.9 Å². The van der Waals surface area contributed by atoms with Gasteiger partial charge in [-0.05, 0) is 42.7 Å². The van der Waals surface area contributed by atoms with Crippen LogP contribution in [0.25, 0.3) is 6.08 Å². The van der Waals surface area contributed by atoms with Crippen molar-refractivity contribution in [2.45, 2.75) is 12.8 Å². The summed E-state index contributed by atoms with van der Waals surface area (Å²) in [6.07, 6.45) is 3.81. The molecule has 2 aromatic carbocycles. The molecule has 0 radical (unpaired) electrons. The molecule has 2 aliphatic rings. The molecule has 0 aromatic heterocycles. The molecule has 1 fully saturated rings. The highest BCUT2D eigenvalue weighted by atomic mass is 16.6. The number of non-ortho nitro benzene ring substituents is 1. The summed E-state index contributed by atoms with van der Waals surface area (Å²) in [5.74, 6) is 0.628. The van der Waals surface area contributed by atoms with Crippen LogP contribution in [0.15, 0.2) is 59.1 Å². The molecule has 0 spiro atoms. The highest BCUT2D eigenvalue weighted by Gasteiger charge is 2.21. The zero-order valence-electron chi connectivity index (χ0n) is 15.9. The predicted molar refractivity (Wildman–Crippen MR) is 110 cm³/mol. The number of nitro groups is 1. The molecule has 1 amide bonds. The average molecular weight is 391 g/mol. The first-order chi connectivity index (χ1) is 14.1. The van der Waals surface area contributed by atoms with Gasteiger partial charge in [-0.15, -0.1) is 0 Å². The van der Waals surface area contributed by atoms with Gasteiger partial charge >= 0.3 is 0 Å². The first-order valence-corrected chi connectivity index (χ1v) is 9.61. The van der Waals surface area contributed by atoms with Crippen molar-refractivity contribution in [2.75, 3.05) is 26.2 Å². The second kappa shape index (κ2) is 8.26. The molecule has 0 bridgehead atoms. The third-order valence-corrected chi connectivity index (χ3v) is 5.13. The smallest absolute Gasteiger partial charge is 0.269 e. The van der Waals surface area contributed by atoms with Crippen LogP contribution in [-0.2, 0) is 4.74 Å². The summed E-state index contributed by atoms with van der Waals surface area (Å²) in [5, 5.41) is 10.7. The van der Waals surface area contributed by atoms with Gasteiger partial charge in [-0.2, -0.15) is 0 Å². The number of nitro benzene ring substituents is 1. The fourth-order valence-corrected chi connectivity index (χ4v) is 3.52. The molecule has 0 unspecified atom stereocenters. The number of benzene rings is 2. The molecule has 0 N–H and O–H groups in total. The van der Waals surface area contributed by atoms with Gasteiger partial charge in [-0.25, -0.2) is 4.99 Å². The first kappa shape index (κ1) is 18.9. The van der Waals surface area contributed by atoms with E-state index in [4.69, 9.17) is 4.74 Å². The summed E-state index contributed by atoms with van der Waals surface area (Å²) in [6.45, 7) is 2.65. The average Bonchev–Trinajstić information content (AvgIpc) is 3.29.